The number of aliphatic carboxylic acids is 1. The van der Waals surface area contributed by atoms with E-state index < -0.39 is 47.7 Å². The van der Waals surface area contributed by atoms with Gasteiger partial charge in [0, 0.05) is 6.54 Å². The van der Waals surface area contributed by atoms with E-state index in [4.69, 9.17) is 0 Å². The molecule has 37 heavy (non-hydrogen) atoms. The number of carboxylic acid groups (broad SMARTS) is 1. The SMILES string of the molecule is CCCCCCCCCCC=CC(CC(=O)O)C(=O)N[C@@H](C)C(=O)N[C@@H](C)C(=O)N[C@@H](C)C(=O)NCC. The van der Waals surface area contributed by atoms with Gasteiger partial charge in [0.1, 0.15) is 18.1 Å². The summed E-state index contributed by atoms with van der Waals surface area (Å²) in [5, 5.41) is 19.3. The lowest BCUT2D eigenvalue weighted by Crippen LogP contribution is -2.55. The lowest BCUT2D eigenvalue weighted by molar-refractivity contribution is -0.140. The van der Waals surface area contributed by atoms with Crippen LogP contribution in [0, 0.1) is 5.92 Å². The number of carbonyl (C=O) groups excluding carboxylic acids is 4. The maximum absolute atomic E-state index is 12.7. The Balaban J connectivity index is 4.63. The molecule has 0 aliphatic heterocycles. The third-order valence-corrected chi connectivity index (χ3v) is 5.93. The van der Waals surface area contributed by atoms with Crippen molar-refractivity contribution in [1.82, 2.24) is 21.3 Å². The molecule has 0 aliphatic carbocycles. The minimum Gasteiger partial charge on any atom is -0.481 e. The van der Waals surface area contributed by atoms with Gasteiger partial charge in [-0.25, -0.2) is 0 Å². The van der Waals surface area contributed by atoms with Crippen LogP contribution in [0.4, 0.5) is 0 Å². The molecule has 0 aromatic heterocycles. The second-order valence-electron chi connectivity index (χ2n) is 9.48. The summed E-state index contributed by atoms with van der Waals surface area (Å²) in [6.45, 7) is 8.84. The Bertz CT molecular complexity index is 755. The predicted octanol–water partition coefficient (Wildman–Crippen LogP) is 2.81. The highest BCUT2D eigenvalue weighted by atomic mass is 16.4. The Morgan fingerprint density at radius 2 is 1.14 bits per heavy atom. The maximum Gasteiger partial charge on any atom is 0.304 e. The monoisotopic (exact) mass is 524 g/mol. The van der Waals surface area contributed by atoms with E-state index in [1.54, 1.807) is 13.0 Å². The molecule has 0 aliphatic rings. The van der Waals surface area contributed by atoms with Gasteiger partial charge in [-0.1, -0.05) is 64.0 Å². The highest BCUT2D eigenvalue weighted by molar-refractivity contribution is 5.94. The van der Waals surface area contributed by atoms with Crippen molar-refractivity contribution < 1.29 is 29.1 Å². The molecule has 1 unspecified atom stereocenters. The molecule has 0 radical (unpaired) electrons. The fourth-order valence-electron chi connectivity index (χ4n) is 3.61. The van der Waals surface area contributed by atoms with E-state index in [-0.39, 0.29) is 12.3 Å². The van der Waals surface area contributed by atoms with E-state index in [0.29, 0.717) is 6.54 Å². The summed E-state index contributed by atoms with van der Waals surface area (Å²) in [6.07, 6.45) is 13.3. The van der Waals surface area contributed by atoms with E-state index in [9.17, 15) is 29.1 Å². The number of rotatable bonds is 20. The van der Waals surface area contributed by atoms with Crippen LogP contribution in [0.3, 0.4) is 0 Å². The number of amides is 4. The average molecular weight is 525 g/mol. The van der Waals surface area contributed by atoms with Crippen LogP contribution in [0.15, 0.2) is 12.2 Å². The van der Waals surface area contributed by atoms with Crippen LogP contribution in [0.2, 0.25) is 0 Å². The zero-order chi connectivity index (χ0) is 28.2. The molecule has 0 rings (SSSR count). The van der Waals surface area contributed by atoms with Crippen molar-refractivity contribution in [2.75, 3.05) is 6.54 Å². The molecule has 0 aromatic carbocycles. The Hall–Kier alpha value is -2.91. The van der Waals surface area contributed by atoms with Gasteiger partial charge >= 0.3 is 5.97 Å². The number of hydrogen-bond acceptors (Lipinski definition) is 5. The summed E-state index contributed by atoms with van der Waals surface area (Å²) < 4.78 is 0. The number of likely N-dealkylation sites (N-methyl/N-ethyl adjacent to an activating group) is 1. The molecule has 0 saturated carbocycles. The molecule has 212 valence electrons. The number of carbonyl (C=O) groups is 5. The van der Waals surface area contributed by atoms with Crippen molar-refractivity contribution >= 4 is 29.6 Å². The molecule has 0 spiro atoms. The normalized spacial score (nSPS) is 14.3. The fourth-order valence-corrected chi connectivity index (χ4v) is 3.61. The first kappa shape index (κ1) is 34.1. The Morgan fingerprint density at radius 3 is 1.62 bits per heavy atom. The van der Waals surface area contributed by atoms with E-state index in [0.717, 1.165) is 19.3 Å². The van der Waals surface area contributed by atoms with Crippen molar-refractivity contribution in [3.05, 3.63) is 12.2 Å². The van der Waals surface area contributed by atoms with E-state index in [1.807, 2.05) is 6.08 Å². The molecule has 0 aromatic rings. The molecule has 0 fully saturated rings. The average Bonchev–Trinajstić information content (AvgIpc) is 2.83. The van der Waals surface area contributed by atoms with Gasteiger partial charge in [-0.15, -0.1) is 0 Å². The predicted molar refractivity (Wildman–Crippen MR) is 144 cm³/mol. The molecule has 10 nitrogen and oxygen atoms in total. The zero-order valence-electron chi connectivity index (χ0n) is 23.2. The lowest BCUT2D eigenvalue weighted by atomic mass is 10.0. The minimum absolute atomic E-state index is 0.338. The summed E-state index contributed by atoms with van der Waals surface area (Å²) in [5.41, 5.74) is 0. The first-order chi connectivity index (χ1) is 17.5. The maximum atomic E-state index is 12.7. The van der Waals surface area contributed by atoms with E-state index >= 15 is 0 Å². The van der Waals surface area contributed by atoms with Crippen LogP contribution in [0.5, 0.6) is 0 Å². The molecule has 4 atom stereocenters. The fraction of sp³-hybridized carbons (Fsp3) is 0.741. The number of nitrogens with one attached hydrogen (secondary N) is 4. The summed E-state index contributed by atoms with van der Waals surface area (Å²) in [6, 6.07) is -2.69. The van der Waals surface area contributed by atoms with Gasteiger partial charge in [0.25, 0.3) is 0 Å². The Morgan fingerprint density at radius 1 is 0.676 bits per heavy atom. The van der Waals surface area contributed by atoms with Crippen LogP contribution in [0.1, 0.15) is 98.8 Å². The van der Waals surface area contributed by atoms with Crippen molar-refractivity contribution in [3.63, 3.8) is 0 Å². The number of allylic oxidation sites excluding steroid dienone is 1. The van der Waals surface area contributed by atoms with Crippen LogP contribution >= 0.6 is 0 Å². The Labute approximate surface area is 221 Å². The molecule has 10 heteroatoms. The van der Waals surface area contributed by atoms with Crippen LogP contribution in [-0.4, -0.2) is 59.4 Å². The van der Waals surface area contributed by atoms with Crippen LogP contribution < -0.4 is 21.3 Å². The van der Waals surface area contributed by atoms with Crippen molar-refractivity contribution in [3.8, 4) is 0 Å². The van der Waals surface area contributed by atoms with Crippen molar-refractivity contribution in [1.29, 1.82) is 0 Å². The molecule has 0 saturated heterocycles. The highest BCUT2D eigenvalue weighted by Crippen LogP contribution is 2.12. The smallest absolute Gasteiger partial charge is 0.304 e. The van der Waals surface area contributed by atoms with Gasteiger partial charge in [-0.05, 0) is 40.5 Å². The Kier molecular flexibility index (Phi) is 18.6. The highest BCUT2D eigenvalue weighted by Gasteiger charge is 2.26. The van der Waals surface area contributed by atoms with Crippen molar-refractivity contribution in [2.45, 2.75) is 117 Å². The minimum atomic E-state index is -1.11. The quantitative estimate of drug-likeness (QED) is 0.122. The van der Waals surface area contributed by atoms with Gasteiger partial charge in [0.05, 0.1) is 12.3 Å². The molecule has 4 amide bonds. The van der Waals surface area contributed by atoms with Gasteiger partial charge in [-0.3, -0.25) is 24.0 Å². The third-order valence-electron chi connectivity index (χ3n) is 5.93. The summed E-state index contributed by atoms with van der Waals surface area (Å²) in [7, 11) is 0. The number of unbranched alkanes of at least 4 members (excludes halogenated alkanes) is 8. The van der Waals surface area contributed by atoms with E-state index in [1.165, 1.54) is 59.3 Å². The van der Waals surface area contributed by atoms with Gasteiger partial charge in [0.15, 0.2) is 0 Å². The van der Waals surface area contributed by atoms with Gasteiger partial charge in [0.2, 0.25) is 23.6 Å². The molecular weight excluding hydrogens is 476 g/mol. The molecule has 5 N–H and O–H groups in total. The second-order valence-corrected chi connectivity index (χ2v) is 9.48. The van der Waals surface area contributed by atoms with Gasteiger partial charge < -0.3 is 26.4 Å². The van der Waals surface area contributed by atoms with Crippen molar-refractivity contribution in [2.24, 2.45) is 5.92 Å². The first-order valence-electron chi connectivity index (χ1n) is 13.6. The molecule has 0 bridgehead atoms. The topological polar surface area (TPSA) is 154 Å². The number of hydrogen-bond donors (Lipinski definition) is 5. The molecular formula is C27H48N4O6. The molecule has 0 heterocycles. The first-order valence-corrected chi connectivity index (χ1v) is 13.6. The summed E-state index contributed by atoms with van der Waals surface area (Å²) in [5.74, 6) is -4.06. The van der Waals surface area contributed by atoms with Crippen LogP contribution in [0.25, 0.3) is 0 Å². The second kappa shape index (κ2) is 20.2. The summed E-state index contributed by atoms with van der Waals surface area (Å²) >= 11 is 0. The standard InChI is InChI=1S/C27H48N4O6/c1-6-8-9-10-11-12-13-14-15-16-17-22(18-23(32)33)27(37)31-21(5)26(36)30-20(4)25(35)29-19(3)24(34)28-7-2/h16-17,19-22H,6-15,18H2,1-5H3,(H,28,34)(H,29,35)(H,30,36)(H,31,37)(H,32,33)/t19-,20-,21-,22?/m0/s1. The lowest BCUT2D eigenvalue weighted by Gasteiger charge is -2.21. The zero-order valence-corrected chi connectivity index (χ0v) is 23.2. The largest absolute Gasteiger partial charge is 0.481 e. The third kappa shape index (κ3) is 16.5. The van der Waals surface area contributed by atoms with Crippen LogP contribution in [-0.2, 0) is 24.0 Å². The number of carboxylic acids is 1. The summed E-state index contributed by atoms with van der Waals surface area (Å²) in [4.78, 5) is 60.4. The van der Waals surface area contributed by atoms with Gasteiger partial charge in [-0.2, -0.15) is 0 Å². The van der Waals surface area contributed by atoms with E-state index in [2.05, 4.69) is 28.2 Å².